The van der Waals surface area contributed by atoms with Crippen LogP contribution in [0, 0.1) is 0 Å². The second kappa shape index (κ2) is 11.0. The van der Waals surface area contributed by atoms with Crippen LogP contribution in [-0.2, 0) is 11.8 Å². The predicted molar refractivity (Wildman–Crippen MR) is 163 cm³/mol. The van der Waals surface area contributed by atoms with Gasteiger partial charge in [0, 0.05) is 73.6 Å². The summed E-state index contributed by atoms with van der Waals surface area (Å²) in [6.07, 6.45) is 4.91. The summed E-state index contributed by atoms with van der Waals surface area (Å²) in [4.78, 5) is 26.2. The highest BCUT2D eigenvalue weighted by atomic mass is 16.5. The van der Waals surface area contributed by atoms with Crippen molar-refractivity contribution in [2.24, 2.45) is 7.05 Å². The van der Waals surface area contributed by atoms with Gasteiger partial charge in [0.15, 0.2) is 0 Å². The topological polar surface area (TPSA) is 87.5 Å². The van der Waals surface area contributed by atoms with Crippen LogP contribution in [0.3, 0.4) is 0 Å². The van der Waals surface area contributed by atoms with Crippen LogP contribution in [0.25, 0.3) is 22.2 Å². The van der Waals surface area contributed by atoms with Crippen molar-refractivity contribution in [3.8, 4) is 17.0 Å². The average molecular weight is 540 g/mol. The molecule has 1 aliphatic heterocycles. The molecule has 0 aliphatic carbocycles. The fourth-order valence-corrected chi connectivity index (χ4v) is 5.26. The molecule has 1 fully saturated rings. The van der Waals surface area contributed by atoms with Crippen molar-refractivity contribution in [2.75, 3.05) is 48.8 Å². The Morgan fingerprint density at radius 2 is 1.80 bits per heavy atom. The number of carbonyl (C=O) groups is 1. The van der Waals surface area contributed by atoms with Crippen LogP contribution in [0.2, 0.25) is 0 Å². The molecule has 4 aromatic rings. The lowest BCUT2D eigenvalue weighted by molar-refractivity contribution is -0.111. The van der Waals surface area contributed by atoms with Crippen molar-refractivity contribution >= 4 is 39.7 Å². The van der Waals surface area contributed by atoms with E-state index in [4.69, 9.17) is 4.74 Å². The molecule has 1 saturated heterocycles. The number of nitrogens with one attached hydrogen (secondary N) is 2. The third-order valence-electron chi connectivity index (χ3n) is 7.43. The Hall–Kier alpha value is -4.37. The van der Waals surface area contributed by atoms with Crippen LogP contribution in [0.1, 0.15) is 20.8 Å². The summed E-state index contributed by atoms with van der Waals surface area (Å²) in [5.74, 6) is 0.991. The summed E-state index contributed by atoms with van der Waals surface area (Å²) in [6.45, 7) is 13.9. The highest BCUT2D eigenvalue weighted by Gasteiger charge is 2.27. The van der Waals surface area contributed by atoms with Crippen molar-refractivity contribution in [1.82, 2.24) is 19.4 Å². The van der Waals surface area contributed by atoms with Crippen molar-refractivity contribution in [3.63, 3.8) is 0 Å². The number of hydrogen-bond acceptors (Lipinski definition) is 7. The second-order valence-electron chi connectivity index (χ2n) is 11.0. The molecular weight excluding hydrogens is 502 g/mol. The number of nitrogens with zero attached hydrogens (tertiary/aromatic N) is 5. The van der Waals surface area contributed by atoms with Crippen LogP contribution >= 0.6 is 0 Å². The maximum absolute atomic E-state index is 12.4. The van der Waals surface area contributed by atoms with Crippen molar-refractivity contribution < 1.29 is 9.53 Å². The summed E-state index contributed by atoms with van der Waals surface area (Å²) < 4.78 is 7.90. The molecule has 9 heteroatoms. The lowest BCUT2D eigenvalue weighted by Crippen LogP contribution is -2.53. The molecule has 208 valence electrons. The minimum Gasteiger partial charge on any atom is -0.494 e. The van der Waals surface area contributed by atoms with E-state index in [1.165, 1.54) is 6.08 Å². The molecular formula is C31H37N7O2. The molecule has 5 rings (SSSR count). The van der Waals surface area contributed by atoms with E-state index < -0.39 is 0 Å². The summed E-state index contributed by atoms with van der Waals surface area (Å²) >= 11 is 0. The molecule has 3 heterocycles. The van der Waals surface area contributed by atoms with Gasteiger partial charge in [-0.3, -0.25) is 9.69 Å². The number of fused-ring (bicyclic) bond motifs is 1. The Labute approximate surface area is 235 Å². The maximum atomic E-state index is 12.4. The Kier molecular flexibility index (Phi) is 7.49. The number of piperazine rings is 1. The van der Waals surface area contributed by atoms with Gasteiger partial charge in [-0.05, 0) is 39.0 Å². The lowest BCUT2D eigenvalue weighted by atomic mass is 10.0. The first-order valence-electron chi connectivity index (χ1n) is 13.5. The van der Waals surface area contributed by atoms with Gasteiger partial charge in [-0.15, -0.1) is 0 Å². The molecule has 2 aromatic heterocycles. The van der Waals surface area contributed by atoms with Gasteiger partial charge in [0.1, 0.15) is 17.9 Å². The minimum absolute atomic E-state index is 0.111. The number of ether oxygens (including phenoxy) is 1. The first-order chi connectivity index (χ1) is 19.2. The zero-order chi connectivity index (χ0) is 28.4. The quantitative estimate of drug-likeness (QED) is 0.303. The van der Waals surface area contributed by atoms with E-state index in [1.807, 2.05) is 37.4 Å². The fourth-order valence-electron chi connectivity index (χ4n) is 5.26. The van der Waals surface area contributed by atoms with Crippen LogP contribution in [0.15, 0.2) is 67.6 Å². The minimum atomic E-state index is -0.272. The van der Waals surface area contributed by atoms with Crippen LogP contribution in [-0.4, -0.2) is 64.2 Å². The SMILES string of the molecule is C=CC(=O)Nc1cc(Nc2cc(-c3cn(C)c4ccccc34)ncn2)c(OC)cc1N1CCN(C(C)(C)C)CC1. The van der Waals surface area contributed by atoms with Gasteiger partial charge in [0.05, 0.1) is 29.9 Å². The standard InChI is InChI=1S/C31H37N7O2/c1-7-30(39)35-24-16-25(28(40-6)18-27(24)37-12-14-38(15-13-37)31(2,3)4)34-29-17-23(32-20-33-29)22-19-36(5)26-11-9-8-10-21(22)26/h7-11,16-20H,1,12-15H2,2-6H3,(H,35,39)(H,32,33,34). The number of para-hydroxylation sites is 1. The summed E-state index contributed by atoms with van der Waals surface area (Å²) in [5, 5.41) is 7.51. The molecule has 0 bridgehead atoms. The van der Waals surface area contributed by atoms with Crippen LogP contribution in [0.4, 0.5) is 22.9 Å². The molecule has 2 N–H and O–H groups in total. The summed E-state index contributed by atoms with van der Waals surface area (Å²) in [6, 6.07) is 14.0. The normalized spacial score (nSPS) is 14.3. The van der Waals surface area contributed by atoms with Gasteiger partial charge in [0.2, 0.25) is 5.91 Å². The van der Waals surface area contributed by atoms with Gasteiger partial charge < -0.3 is 24.8 Å². The Balaban J connectivity index is 1.48. The lowest BCUT2D eigenvalue weighted by Gasteiger charge is -2.43. The summed E-state index contributed by atoms with van der Waals surface area (Å²) in [7, 11) is 3.67. The van der Waals surface area contributed by atoms with Crippen LogP contribution in [0.5, 0.6) is 5.75 Å². The van der Waals surface area contributed by atoms with Crippen molar-refractivity contribution in [1.29, 1.82) is 0 Å². The first-order valence-corrected chi connectivity index (χ1v) is 13.5. The number of carbonyl (C=O) groups excluding carboxylic acids is 1. The highest BCUT2D eigenvalue weighted by Crippen LogP contribution is 2.39. The zero-order valence-corrected chi connectivity index (χ0v) is 23.9. The van der Waals surface area contributed by atoms with Gasteiger partial charge in [0.25, 0.3) is 0 Å². The molecule has 9 nitrogen and oxygen atoms in total. The molecule has 1 amide bonds. The number of amides is 1. The Morgan fingerprint density at radius 3 is 2.50 bits per heavy atom. The summed E-state index contributed by atoms with van der Waals surface area (Å²) in [5.41, 5.74) is 5.35. The number of benzene rings is 2. The third-order valence-corrected chi connectivity index (χ3v) is 7.43. The molecule has 1 aliphatic rings. The number of aryl methyl sites for hydroxylation is 1. The smallest absolute Gasteiger partial charge is 0.247 e. The zero-order valence-electron chi connectivity index (χ0n) is 23.9. The van der Waals surface area contributed by atoms with E-state index in [1.54, 1.807) is 13.4 Å². The second-order valence-corrected chi connectivity index (χ2v) is 11.0. The predicted octanol–water partition coefficient (Wildman–Crippen LogP) is 5.43. The Bertz CT molecular complexity index is 1550. The van der Waals surface area contributed by atoms with E-state index in [2.05, 4.69) is 80.6 Å². The van der Waals surface area contributed by atoms with E-state index >= 15 is 0 Å². The van der Waals surface area contributed by atoms with Gasteiger partial charge >= 0.3 is 0 Å². The fraction of sp³-hybridized carbons (Fsp3) is 0.323. The Morgan fingerprint density at radius 1 is 1.05 bits per heavy atom. The molecule has 0 atom stereocenters. The van der Waals surface area contributed by atoms with Crippen molar-refractivity contribution in [2.45, 2.75) is 26.3 Å². The molecule has 40 heavy (non-hydrogen) atoms. The van der Waals surface area contributed by atoms with E-state index in [0.717, 1.165) is 54.0 Å². The van der Waals surface area contributed by atoms with Gasteiger partial charge in [-0.2, -0.15) is 0 Å². The van der Waals surface area contributed by atoms with Crippen molar-refractivity contribution in [3.05, 3.63) is 67.6 Å². The first kappa shape index (κ1) is 27.2. The number of aromatic nitrogens is 3. The maximum Gasteiger partial charge on any atom is 0.247 e. The molecule has 0 saturated carbocycles. The number of methoxy groups -OCH3 is 1. The molecule has 0 spiro atoms. The highest BCUT2D eigenvalue weighted by molar-refractivity contribution is 6.02. The number of anilines is 4. The van der Waals surface area contributed by atoms with Gasteiger partial charge in [-0.25, -0.2) is 9.97 Å². The monoisotopic (exact) mass is 539 g/mol. The van der Waals surface area contributed by atoms with E-state index in [-0.39, 0.29) is 11.4 Å². The number of hydrogen-bond donors (Lipinski definition) is 2. The van der Waals surface area contributed by atoms with Crippen LogP contribution < -0.4 is 20.3 Å². The third kappa shape index (κ3) is 5.51. The molecule has 0 unspecified atom stereocenters. The van der Waals surface area contributed by atoms with E-state index in [0.29, 0.717) is 22.9 Å². The van der Waals surface area contributed by atoms with Gasteiger partial charge in [-0.1, -0.05) is 24.8 Å². The van der Waals surface area contributed by atoms with E-state index in [9.17, 15) is 4.79 Å². The average Bonchev–Trinajstić information content (AvgIpc) is 3.29. The number of rotatable bonds is 7. The molecule has 2 aromatic carbocycles. The largest absolute Gasteiger partial charge is 0.494 e. The molecule has 0 radical (unpaired) electrons.